The highest BCUT2D eigenvalue weighted by molar-refractivity contribution is 5.81. The molecule has 0 amide bonds. The van der Waals surface area contributed by atoms with Crippen molar-refractivity contribution in [2.24, 2.45) is 5.92 Å². The number of anilines is 1. The summed E-state index contributed by atoms with van der Waals surface area (Å²) in [5.74, 6) is 1.24. The quantitative estimate of drug-likeness (QED) is 0.579. The van der Waals surface area contributed by atoms with E-state index in [4.69, 9.17) is 9.84 Å². The predicted octanol–water partition coefficient (Wildman–Crippen LogP) is 4.03. The fraction of sp³-hybridized carbons (Fsp3) is 0.625. The maximum absolute atomic E-state index is 10.3. The lowest BCUT2D eigenvalue weighted by Gasteiger charge is -2.30. The Balaban J connectivity index is 1.54. The van der Waals surface area contributed by atoms with Crippen LogP contribution < -0.4 is 5.32 Å². The van der Waals surface area contributed by atoms with Gasteiger partial charge >= 0.3 is 0 Å². The fourth-order valence-corrected chi connectivity index (χ4v) is 5.09. The van der Waals surface area contributed by atoms with Gasteiger partial charge in [0.25, 0.3) is 0 Å². The molecule has 0 saturated heterocycles. The summed E-state index contributed by atoms with van der Waals surface area (Å²) < 4.78 is 9.41. The first-order valence-electron chi connectivity index (χ1n) is 11.9. The van der Waals surface area contributed by atoms with Gasteiger partial charge < -0.3 is 15.2 Å². The molecule has 3 heterocycles. The summed E-state index contributed by atoms with van der Waals surface area (Å²) in [4.78, 5) is 4.60. The van der Waals surface area contributed by atoms with Gasteiger partial charge in [-0.25, -0.2) is 9.50 Å². The molecule has 3 aromatic heterocycles. The number of aliphatic hydroxyl groups excluding tert-OH is 1. The van der Waals surface area contributed by atoms with E-state index in [0.29, 0.717) is 24.5 Å². The minimum atomic E-state index is -0.209. The predicted molar refractivity (Wildman–Crippen MR) is 124 cm³/mol. The second-order valence-electron chi connectivity index (χ2n) is 9.71. The molecule has 0 spiro atoms. The minimum Gasteiger partial charge on any atom is -0.393 e. The van der Waals surface area contributed by atoms with Gasteiger partial charge in [-0.15, -0.1) is 5.10 Å². The molecule has 2 fully saturated rings. The van der Waals surface area contributed by atoms with Crippen LogP contribution in [0.15, 0.2) is 24.7 Å². The highest BCUT2D eigenvalue weighted by Gasteiger charge is 2.30. The van der Waals surface area contributed by atoms with E-state index in [2.05, 4.69) is 50.7 Å². The van der Waals surface area contributed by atoms with Crippen LogP contribution in [0.2, 0.25) is 0 Å². The van der Waals surface area contributed by atoms with Crippen LogP contribution in [0, 0.1) is 5.92 Å². The van der Waals surface area contributed by atoms with Crippen LogP contribution in [0.25, 0.3) is 16.6 Å². The number of nitrogens with zero attached hydrogens (tertiary/aromatic N) is 5. The average molecular weight is 439 g/mol. The zero-order chi connectivity index (χ0) is 22.2. The lowest BCUT2D eigenvalue weighted by atomic mass is 9.79. The van der Waals surface area contributed by atoms with Crippen molar-refractivity contribution in [1.82, 2.24) is 24.4 Å². The number of hydrogen-bond acceptors (Lipinski definition) is 6. The molecule has 0 unspecified atom stereocenters. The fourth-order valence-electron chi connectivity index (χ4n) is 5.09. The Morgan fingerprint density at radius 1 is 1.25 bits per heavy atom. The number of nitrogens with one attached hydrogen (secondary N) is 1. The summed E-state index contributed by atoms with van der Waals surface area (Å²) in [5, 5.41) is 23.1. The third-order valence-corrected chi connectivity index (χ3v) is 7.24. The molecule has 2 N–H and O–H groups in total. The van der Waals surface area contributed by atoms with E-state index in [0.717, 1.165) is 35.9 Å². The van der Waals surface area contributed by atoms with Gasteiger partial charge in [0.2, 0.25) is 5.95 Å². The van der Waals surface area contributed by atoms with E-state index < -0.39 is 0 Å². The number of hydrogen-bond donors (Lipinski definition) is 2. The van der Waals surface area contributed by atoms with Crippen molar-refractivity contribution >= 4 is 11.5 Å². The van der Waals surface area contributed by atoms with Gasteiger partial charge in [0, 0.05) is 42.1 Å². The maximum Gasteiger partial charge on any atom is 0.241 e. The molecule has 0 radical (unpaired) electrons. The molecule has 172 valence electrons. The Hall–Kier alpha value is -2.45. The van der Waals surface area contributed by atoms with Crippen molar-refractivity contribution in [1.29, 1.82) is 0 Å². The number of methoxy groups -OCH3 is 1. The van der Waals surface area contributed by atoms with E-state index in [1.54, 1.807) is 7.11 Å². The van der Waals surface area contributed by atoms with Crippen molar-refractivity contribution in [2.75, 3.05) is 19.0 Å². The molecule has 0 bridgehead atoms. The Labute approximate surface area is 189 Å². The Morgan fingerprint density at radius 2 is 2.09 bits per heavy atom. The zero-order valence-electron chi connectivity index (χ0n) is 19.2. The molecule has 5 rings (SSSR count). The van der Waals surface area contributed by atoms with Crippen molar-refractivity contribution < 1.29 is 9.84 Å². The standard InChI is InChI=1S/C24H34N6O2/c1-15-9-17(7-8-23(15)31)21-10-20(18-11-26-29(13-18)19-5-4-6-19)22-12-25-24(28-30(21)22)27-16(2)14-32-3/h10-13,15-17,19,23,31H,4-9,14H2,1-3H3,(H,27,28)/t15-,16+,17-,23-/m1/s1. The smallest absolute Gasteiger partial charge is 0.241 e. The van der Waals surface area contributed by atoms with E-state index >= 15 is 0 Å². The Morgan fingerprint density at radius 3 is 2.81 bits per heavy atom. The SMILES string of the molecule is COC[C@H](C)Nc1ncc2c(-c3cnn(C4CCC4)c3)cc([C@@H]3CC[C@@H](O)[C@H](C)C3)n2n1. The molecule has 2 aliphatic carbocycles. The van der Waals surface area contributed by atoms with E-state index in [1.165, 1.54) is 25.0 Å². The zero-order valence-corrected chi connectivity index (χ0v) is 19.2. The van der Waals surface area contributed by atoms with Crippen LogP contribution in [0.4, 0.5) is 5.95 Å². The van der Waals surface area contributed by atoms with E-state index in [-0.39, 0.29) is 18.1 Å². The molecule has 8 nitrogen and oxygen atoms in total. The lowest BCUT2D eigenvalue weighted by molar-refractivity contribution is 0.0704. The summed E-state index contributed by atoms with van der Waals surface area (Å²) in [6.07, 6.45) is 12.3. The van der Waals surface area contributed by atoms with Crippen LogP contribution in [-0.2, 0) is 4.74 Å². The molecular weight excluding hydrogens is 404 g/mol. The molecule has 2 aliphatic rings. The number of aliphatic hydroxyl groups is 1. The number of ether oxygens (including phenoxy) is 1. The van der Waals surface area contributed by atoms with Gasteiger partial charge in [0.05, 0.1) is 36.7 Å². The summed E-state index contributed by atoms with van der Waals surface area (Å²) in [5.41, 5.74) is 4.43. The summed E-state index contributed by atoms with van der Waals surface area (Å²) >= 11 is 0. The van der Waals surface area contributed by atoms with Crippen molar-refractivity contribution in [3.05, 3.63) is 30.4 Å². The highest BCUT2D eigenvalue weighted by Crippen LogP contribution is 2.40. The van der Waals surface area contributed by atoms with Gasteiger partial charge in [0.15, 0.2) is 0 Å². The molecule has 4 atom stereocenters. The summed E-state index contributed by atoms with van der Waals surface area (Å²) in [6, 6.07) is 2.91. The third-order valence-electron chi connectivity index (χ3n) is 7.24. The van der Waals surface area contributed by atoms with Gasteiger partial charge in [-0.1, -0.05) is 6.92 Å². The van der Waals surface area contributed by atoms with Gasteiger partial charge in [0.1, 0.15) is 0 Å². The minimum absolute atomic E-state index is 0.112. The molecule has 0 aliphatic heterocycles. The summed E-state index contributed by atoms with van der Waals surface area (Å²) in [6.45, 7) is 4.78. The van der Waals surface area contributed by atoms with Crippen LogP contribution in [-0.4, -0.2) is 55.3 Å². The highest BCUT2D eigenvalue weighted by atomic mass is 16.5. The molecule has 0 aromatic carbocycles. The maximum atomic E-state index is 10.3. The van der Waals surface area contributed by atoms with Crippen molar-refractivity contribution in [3.63, 3.8) is 0 Å². The van der Waals surface area contributed by atoms with Crippen molar-refractivity contribution in [3.8, 4) is 11.1 Å². The molecule has 32 heavy (non-hydrogen) atoms. The van der Waals surface area contributed by atoms with Gasteiger partial charge in [-0.3, -0.25) is 4.68 Å². The normalized spacial score (nSPS) is 25.1. The first-order chi connectivity index (χ1) is 15.5. The average Bonchev–Trinajstić information content (AvgIpc) is 3.34. The Kier molecular flexibility index (Phi) is 5.90. The first kappa shape index (κ1) is 21.4. The van der Waals surface area contributed by atoms with Gasteiger partial charge in [-0.2, -0.15) is 5.10 Å². The monoisotopic (exact) mass is 438 g/mol. The second kappa shape index (κ2) is 8.83. The van der Waals surface area contributed by atoms with E-state index in [9.17, 15) is 5.11 Å². The lowest BCUT2D eigenvalue weighted by Crippen LogP contribution is -2.27. The largest absolute Gasteiger partial charge is 0.393 e. The summed E-state index contributed by atoms with van der Waals surface area (Å²) in [7, 11) is 1.70. The van der Waals surface area contributed by atoms with Crippen LogP contribution >= 0.6 is 0 Å². The third kappa shape index (κ3) is 4.01. The number of rotatable bonds is 7. The topological polar surface area (TPSA) is 89.5 Å². The number of aromatic nitrogens is 5. The molecule has 3 aromatic rings. The second-order valence-corrected chi connectivity index (χ2v) is 9.71. The van der Waals surface area contributed by atoms with Crippen LogP contribution in [0.1, 0.15) is 70.0 Å². The van der Waals surface area contributed by atoms with E-state index in [1.807, 2.05) is 12.4 Å². The van der Waals surface area contributed by atoms with Crippen LogP contribution in [0.3, 0.4) is 0 Å². The van der Waals surface area contributed by atoms with Gasteiger partial charge in [-0.05, 0) is 57.4 Å². The molecular formula is C24H34N6O2. The van der Waals surface area contributed by atoms with Crippen LogP contribution in [0.5, 0.6) is 0 Å². The Bertz CT molecular complexity index is 1070. The molecule has 2 saturated carbocycles. The molecule has 8 heteroatoms. The number of fused-ring (bicyclic) bond motifs is 1. The first-order valence-corrected chi connectivity index (χ1v) is 11.9. The van der Waals surface area contributed by atoms with Crippen molar-refractivity contribution in [2.45, 2.75) is 76.5 Å².